The molecule has 19 heavy (non-hydrogen) atoms. The fraction of sp³-hybridized carbons (Fsp3) is 0.500. The first-order valence-electron chi connectivity index (χ1n) is 6.61. The average molecular weight is 282 g/mol. The third kappa shape index (κ3) is 3.39. The van der Waals surface area contributed by atoms with Crippen LogP contribution in [-0.2, 0) is 11.3 Å². The number of anilines is 1. The molecule has 104 valence electrons. The maximum atomic E-state index is 11.9. The number of hydrogen-bond acceptors (Lipinski definition) is 3. The van der Waals surface area contributed by atoms with E-state index in [1.54, 1.807) is 13.1 Å². The number of hydrogen-bond donors (Lipinski definition) is 2. The van der Waals surface area contributed by atoms with Crippen molar-refractivity contribution >= 4 is 23.2 Å². The number of amides is 1. The zero-order valence-corrected chi connectivity index (χ0v) is 11.9. The molecule has 0 aromatic heterocycles. The molecule has 1 saturated heterocycles. The smallest absolute Gasteiger partial charge is 0.237 e. The summed E-state index contributed by atoms with van der Waals surface area (Å²) < 4.78 is 0. The van der Waals surface area contributed by atoms with Crippen LogP contribution >= 0.6 is 11.6 Å². The zero-order valence-electron chi connectivity index (χ0n) is 11.2. The number of carbonyl (C=O) groups is 1. The molecule has 0 bridgehead atoms. The highest BCUT2D eigenvalue weighted by atomic mass is 35.5. The molecule has 1 aromatic rings. The Morgan fingerprint density at radius 3 is 3.00 bits per heavy atom. The monoisotopic (exact) mass is 281 g/mol. The lowest BCUT2D eigenvalue weighted by Crippen LogP contribution is -2.48. The number of rotatable bonds is 3. The summed E-state index contributed by atoms with van der Waals surface area (Å²) in [4.78, 5) is 14.1. The van der Waals surface area contributed by atoms with E-state index >= 15 is 0 Å². The lowest BCUT2D eigenvalue weighted by Gasteiger charge is -2.34. The number of nitrogens with two attached hydrogens (primary N) is 1. The molecule has 1 aliphatic heterocycles. The molecule has 1 aromatic carbocycles. The molecule has 1 amide bonds. The molecule has 4 nitrogen and oxygen atoms in total. The Bertz CT molecular complexity index is 464. The number of nitrogens with one attached hydrogen (secondary N) is 1. The van der Waals surface area contributed by atoms with Gasteiger partial charge in [-0.1, -0.05) is 24.1 Å². The van der Waals surface area contributed by atoms with Crippen LogP contribution in [-0.4, -0.2) is 30.4 Å². The minimum absolute atomic E-state index is 0.0474. The number of likely N-dealkylation sites (tertiary alicyclic amines) is 1. The molecule has 0 aliphatic carbocycles. The lowest BCUT2D eigenvalue weighted by atomic mass is 10.00. The summed E-state index contributed by atoms with van der Waals surface area (Å²) >= 11 is 5.90. The Morgan fingerprint density at radius 1 is 1.53 bits per heavy atom. The normalized spacial score (nSPS) is 20.2. The van der Waals surface area contributed by atoms with Crippen molar-refractivity contribution in [3.05, 3.63) is 28.8 Å². The van der Waals surface area contributed by atoms with E-state index in [9.17, 15) is 4.79 Å². The van der Waals surface area contributed by atoms with Crippen LogP contribution in [0.1, 0.15) is 24.8 Å². The van der Waals surface area contributed by atoms with Gasteiger partial charge in [-0.2, -0.15) is 0 Å². The maximum absolute atomic E-state index is 11.9. The topological polar surface area (TPSA) is 58.4 Å². The molecule has 2 rings (SSSR count). The van der Waals surface area contributed by atoms with Crippen molar-refractivity contribution in [3.63, 3.8) is 0 Å². The van der Waals surface area contributed by atoms with Gasteiger partial charge in [0.05, 0.1) is 6.04 Å². The maximum Gasteiger partial charge on any atom is 0.237 e. The van der Waals surface area contributed by atoms with Gasteiger partial charge in [0, 0.05) is 24.3 Å². The predicted octanol–water partition coefficient (Wildman–Crippen LogP) is 2.02. The van der Waals surface area contributed by atoms with E-state index in [2.05, 4.69) is 10.2 Å². The van der Waals surface area contributed by atoms with Crippen molar-refractivity contribution in [2.75, 3.05) is 19.3 Å². The van der Waals surface area contributed by atoms with Crippen LogP contribution in [0, 0.1) is 0 Å². The van der Waals surface area contributed by atoms with Crippen LogP contribution in [0.5, 0.6) is 0 Å². The SMILES string of the molecule is CNC(=O)C1CCCCN1Cc1ccc(Cl)cc1N. The Balaban J connectivity index is 2.13. The summed E-state index contributed by atoms with van der Waals surface area (Å²) in [6, 6.07) is 5.49. The van der Waals surface area contributed by atoms with Gasteiger partial charge in [-0.25, -0.2) is 0 Å². The second kappa shape index (κ2) is 6.26. The summed E-state index contributed by atoms with van der Waals surface area (Å²) in [6.07, 6.45) is 3.14. The van der Waals surface area contributed by atoms with Crippen LogP contribution in [0.2, 0.25) is 5.02 Å². The van der Waals surface area contributed by atoms with Gasteiger partial charge in [0.2, 0.25) is 5.91 Å². The lowest BCUT2D eigenvalue weighted by molar-refractivity contribution is -0.127. The molecule has 5 heteroatoms. The van der Waals surface area contributed by atoms with Gasteiger partial charge in [-0.15, -0.1) is 0 Å². The average Bonchev–Trinajstić information content (AvgIpc) is 2.41. The molecule has 1 heterocycles. The molecule has 0 radical (unpaired) electrons. The highest BCUT2D eigenvalue weighted by molar-refractivity contribution is 6.30. The first-order chi connectivity index (χ1) is 9.11. The number of carbonyl (C=O) groups excluding carboxylic acids is 1. The molecular weight excluding hydrogens is 262 g/mol. The van der Waals surface area contributed by atoms with Crippen molar-refractivity contribution in [1.82, 2.24) is 10.2 Å². The predicted molar refractivity (Wildman–Crippen MR) is 78.0 cm³/mol. The van der Waals surface area contributed by atoms with Crippen molar-refractivity contribution in [2.45, 2.75) is 31.8 Å². The highest BCUT2D eigenvalue weighted by Gasteiger charge is 2.28. The zero-order chi connectivity index (χ0) is 13.8. The second-order valence-electron chi connectivity index (χ2n) is 4.94. The number of halogens is 1. The largest absolute Gasteiger partial charge is 0.398 e. The van der Waals surface area contributed by atoms with Gasteiger partial charge in [0.15, 0.2) is 0 Å². The number of piperidine rings is 1. The minimum Gasteiger partial charge on any atom is -0.398 e. The third-order valence-corrected chi connectivity index (χ3v) is 3.88. The summed E-state index contributed by atoms with van der Waals surface area (Å²) in [5.41, 5.74) is 7.70. The fourth-order valence-corrected chi connectivity index (χ4v) is 2.75. The van der Waals surface area contributed by atoms with Crippen molar-refractivity contribution in [2.24, 2.45) is 0 Å². The van der Waals surface area contributed by atoms with E-state index in [4.69, 9.17) is 17.3 Å². The number of nitrogens with zero attached hydrogens (tertiary/aromatic N) is 1. The van der Waals surface area contributed by atoms with Crippen LogP contribution in [0.15, 0.2) is 18.2 Å². The number of benzene rings is 1. The standard InChI is InChI=1S/C14H20ClN3O/c1-17-14(19)13-4-2-3-7-18(13)9-10-5-6-11(15)8-12(10)16/h5-6,8,13H,2-4,7,9,16H2,1H3,(H,17,19). The van der Waals surface area contributed by atoms with Crippen LogP contribution < -0.4 is 11.1 Å². The van der Waals surface area contributed by atoms with Gasteiger partial charge in [-0.3, -0.25) is 9.69 Å². The van der Waals surface area contributed by atoms with E-state index in [0.29, 0.717) is 17.3 Å². The molecule has 3 N–H and O–H groups in total. The molecule has 0 spiro atoms. The molecule has 1 atom stereocenters. The quantitative estimate of drug-likeness (QED) is 0.834. The first kappa shape index (κ1) is 14.2. The van der Waals surface area contributed by atoms with Gasteiger partial charge in [0.25, 0.3) is 0 Å². The summed E-state index contributed by atoms with van der Waals surface area (Å²) in [7, 11) is 1.69. The van der Waals surface area contributed by atoms with E-state index < -0.39 is 0 Å². The molecule has 1 fully saturated rings. The van der Waals surface area contributed by atoms with E-state index in [1.807, 2.05) is 12.1 Å². The van der Waals surface area contributed by atoms with Gasteiger partial charge < -0.3 is 11.1 Å². The van der Waals surface area contributed by atoms with Crippen molar-refractivity contribution in [1.29, 1.82) is 0 Å². The minimum atomic E-state index is -0.0474. The summed E-state index contributed by atoms with van der Waals surface area (Å²) in [6.45, 7) is 1.63. The van der Waals surface area contributed by atoms with Crippen LogP contribution in [0.4, 0.5) is 5.69 Å². The van der Waals surface area contributed by atoms with Crippen LogP contribution in [0.3, 0.4) is 0 Å². The number of likely N-dealkylation sites (N-methyl/N-ethyl adjacent to an activating group) is 1. The Morgan fingerprint density at radius 2 is 2.32 bits per heavy atom. The third-order valence-electron chi connectivity index (χ3n) is 3.64. The summed E-state index contributed by atoms with van der Waals surface area (Å²) in [5.74, 6) is 0.0900. The van der Waals surface area contributed by atoms with Gasteiger partial charge in [0.1, 0.15) is 0 Å². The fourth-order valence-electron chi connectivity index (χ4n) is 2.57. The van der Waals surface area contributed by atoms with E-state index in [-0.39, 0.29) is 11.9 Å². The Hall–Kier alpha value is -1.26. The van der Waals surface area contributed by atoms with E-state index in [1.165, 1.54) is 0 Å². The van der Waals surface area contributed by atoms with Crippen molar-refractivity contribution < 1.29 is 4.79 Å². The van der Waals surface area contributed by atoms with Crippen molar-refractivity contribution in [3.8, 4) is 0 Å². The number of nitrogen functional groups attached to an aromatic ring is 1. The second-order valence-corrected chi connectivity index (χ2v) is 5.38. The Labute approximate surface area is 118 Å². The summed E-state index contributed by atoms with van der Waals surface area (Å²) in [5, 5.41) is 3.38. The Kier molecular flexibility index (Phi) is 4.66. The molecular formula is C14H20ClN3O. The molecule has 0 saturated carbocycles. The molecule has 1 aliphatic rings. The van der Waals surface area contributed by atoms with Gasteiger partial charge >= 0.3 is 0 Å². The van der Waals surface area contributed by atoms with E-state index in [0.717, 1.165) is 31.4 Å². The molecule has 1 unspecified atom stereocenters. The highest BCUT2D eigenvalue weighted by Crippen LogP contribution is 2.24. The van der Waals surface area contributed by atoms with Gasteiger partial charge in [-0.05, 0) is 37.1 Å². The first-order valence-corrected chi connectivity index (χ1v) is 6.99. The van der Waals surface area contributed by atoms with Crippen LogP contribution in [0.25, 0.3) is 0 Å².